The Hall–Kier alpha value is -3.95. The van der Waals surface area contributed by atoms with Gasteiger partial charge in [0.1, 0.15) is 5.82 Å². The molecule has 0 unspecified atom stereocenters. The van der Waals surface area contributed by atoms with Crippen LogP contribution in [0.1, 0.15) is 0 Å². The van der Waals surface area contributed by atoms with E-state index in [1.165, 1.54) is 0 Å². The largest absolute Gasteiger partial charge is 0.340 e. The highest BCUT2D eigenvalue weighted by Gasteiger charge is 2.15. The van der Waals surface area contributed by atoms with Crippen molar-refractivity contribution in [3.8, 4) is 11.1 Å². The van der Waals surface area contributed by atoms with Crippen LogP contribution in [0, 0.1) is 0 Å². The number of nitrogens with one attached hydrogen (secondary N) is 3. The molecule has 35 heavy (non-hydrogen) atoms. The van der Waals surface area contributed by atoms with Gasteiger partial charge in [-0.05, 0) is 53.6 Å². The number of nitrogens with zero attached hydrogens (tertiary/aromatic N) is 3. The summed E-state index contributed by atoms with van der Waals surface area (Å²) in [7, 11) is -3.70. The van der Waals surface area contributed by atoms with Crippen molar-refractivity contribution in [3.05, 3.63) is 91.1 Å². The smallest absolute Gasteiger partial charge is 0.261 e. The van der Waals surface area contributed by atoms with E-state index in [2.05, 4.69) is 30.2 Å². The number of aromatic nitrogens is 2. The fourth-order valence-corrected chi connectivity index (χ4v) is 4.93. The first kappa shape index (κ1) is 22.8. The summed E-state index contributed by atoms with van der Waals surface area (Å²) in [5.74, 6) is 1.37. The Balaban J connectivity index is 1.24. The van der Waals surface area contributed by atoms with Crippen LogP contribution in [-0.4, -0.2) is 44.6 Å². The van der Waals surface area contributed by atoms with Crippen LogP contribution >= 0.6 is 0 Å². The van der Waals surface area contributed by atoms with E-state index in [9.17, 15) is 8.42 Å². The molecule has 5 rings (SSSR count). The number of benzene rings is 3. The fourth-order valence-electron chi connectivity index (χ4n) is 3.88. The molecule has 1 aromatic heterocycles. The van der Waals surface area contributed by atoms with E-state index in [0.29, 0.717) is 17.5 Å². The van der Waals surface area contributed by atoms with Gasteiger partial charge >= 0.3 is 0 Å². The molecule has 2 heterocycles. The van der Waals surface area contributed by atoms with Crippen LogP contribution < -0.4 is 20.3 Å². The first-order valence-corrected chi connectivity index (χ1v) is 12.9. The average molecular weight is 487 g/mol. The molecule has 0 spiro atoms. The van der Waals surface area contributed by atoms with Crippen molar-refractivity contribution >= 4 is 33.2 Å². The Kier molecular flexibility index (Phi) is 6.60. The lowest BCUT2D eigenvalue weighted by molar-refractivity contribution is 0.580. The molecule has 9 heteroatoms. The number of anilines is 4. The van der Waals surface area contributed by atoms with E-state index in [1.54, 1.807) is 36.5 Å². The summed E-state index contributed by atoms with van der Waals surface area (Å²) >= 11 is 0. The molecule has 4 aromatic rings. The molecule has 0 atom stereocenters. The zero-order valence-corrected chi connectivity index (χ0v) is 19.9. The molecule has 1 saturated heterocycles. The van der Waals surface area contributed by atoms with Crippen LogP contribution in [0.5, 0.6) is 0 Å². The van der Waals surface area contributed by atoms with E-state index < -0.39 is 10.0 Å². The van der Waals surface area contributed by atoms with Crippen molar-refractivity contribution in [1.29, 1.82) is 0 Å². The van der Waals surface area contributed by atoms with E-state index in [4.69, 9.17) is 0 Å². The zero-order valence-electron chi connectivity index (χ0n) is 19.1. The van der Waals surface area contributed by atoms with Gasteiger partial charge in [-0.1, -0.05) is 42.5 Å². The maximum Gasteiger partial charge on any atom is 0.261 e. The minimum Gasteiger partial charge on any atom is -0.340 e. The molecule has 3 N–H and O–H groups in total. The van der Waals surface area contributed by atoms with Gasteiger partial charge < -0.3 is 15.5 Å². The molecule has 0 aliphatic carbocycles. The highest BCUT2D eigenvalue weighted by atomic mass is 32.2. The topological polar surface area (TPSA) is 99.2 Å². The maximum absolute atomic E-state index is 12.9. The lowest BCUT2D eigenvalue weighted by Crippen LogP contribution is -2.44. The standard InChI is InChI=1S/C26H26N6O2S/c33-35(34,24-12-6-21(7-13-24)20-4-2-1-3-5-20)31-23-10-8-22(9-11-23)29-25-14-15-28-26(30-25)32-18-16-27-17-19-32/h1-15,27,31H,16-19H2,(H,28,29,30). The summed E-state index contributed by atoms with van der Waals surface area (Å²) in [5, 5.41) is 6.57. The molecule has 0 radical (unpaired) electrons. The third-order valence-corrected chi connectivity index (χ3v) is 7.12. The number of hydrogen-bond donors (Lipinski definition) is 3. The Labute approximate surface area is 205 Å². The quantitative estimate of drug-likeness (QED) is 0.362. The van der Waals surface area contributed by atoms with Gasteiger partial charge in [0.15, 0.2) is 0 Å². The molecule has 8 nitrogen and oxygen atoms in total. The van der Waals surface area contributed by atoms with Crippen LogP contribution in [0.3, 0.4) is 0 Å². The monoisotopic (exact) mass is 486 g/mol. The first-order chi connectivity index (χ1) is 17.1. The Morgan fingerprint density at radius 2 is 1.43 bits per heavy atom. The number of piperazine rings is 1. The highest BCUT2D eigenvalue weighted by Crippen LogP contribution is 2.24. The minimum atomic E-state index is -3.70. The van der Waals surface area contributed by atoms with Crippen molar-refractivity contribution in [2.24, 2.45) is 0 Å². The Morgan fingerprint density at radius 1 is 0.771 bits per heavy atom. The normalized spacial score (nSPS) is 13.9. The number of hydrogen-bond acceptors (Lipinski definition) is 7. The van der Waals surface area contributed by atoms with E-state index in [-0.39, 0.29) is 4.90 Å². The van der Waals surface area contributed by atoms with Crippen LogP contribution in [-0.2, 0) is 10.0 Å². The molecule has 3 aromatic carbocycles. The second kappa shape index (κ2) is 10.1. The summed E-state index contributed by atoms with van der Waals surface area (Å²) in [5.41, 5.74) is 3.28. The fraction of sp³-hybridized carbons (Fsp3) is 0.154. The van der Waals surface area contributed by atoms with Crippen LogP contribution in [0.2, 0.25) is 0 Å². The van der Waals surface area contributed by atoms with Crippen molar-refractivity contribution in [1.82, 2.24) is 15.3 Å². The molecule has 0 saturated carbocycles. The van der Waals surface area contributed by atoms with Crippen molar-refractivity contribution in [2.75, 3.05) is 41.1 Å². The predicted octanol–water partition coefficient (Wildman–Crippen LogP) is 4.10. The molecule has 178 valence electrons. The predicted molar refractivity (Wildman–Crippen MR) is 140 cm³/mol. The summed E-state index contributed by atoms with van der Waals surface area (Å²) < 4.78 is 28.4. The van der Waals surface area contributed by atoms with Crippen LogP contribution in [0.15, 0.2) is 96.0 Å². The molecule has 0 amide bonds. The number of sulfonamides is 1. The molecular weight excluding hydrogens is 460 g/mol. The second-order valence-corrected chi connectivity index (χ2v) is 9.86. The van der Waals surface area contributed by atoms with E-state index in [0.717, 1.165) is 43.0 Å². The van der Waals surface area contributed by atoms with Gasteiger partial charge in [-0.15, -0.1) is 0 Å². The summed E-state index contributed by atoms with van der Waals surface area (Å²) in [6.07, 6.45) is 1.73. The van der Waals surface area contributed by atoms with Crippen LogP contribution in [0.25, 0.3) is 11.1 Å². The molecule has 1 aliphatic rings. The Morgan fingerprint density at radius 3 is 2.14 bits per heavy atom. The summed E-state index contributed by atoms with van der Waals surface area (Å²) in [6, 6.07) is 25.6. The van der Waals surface area contributed by atoms with Gasteiger partial charge in [-0.3, -0.25) is 4.72 Å². The van der Waals surface area contributed by atoms with Gasteiger partial charge in [0.25, 0.3) is 10.0 Å². The Bertz CT molecular complexity index is 1370. The van der Waals surface area contributed by atoms with E-state index in [1.807, 2.05) is 54.6 Å². The third kappa shape index (κ3) is 5.59. The molecule has 1 aliphatic heterocycles. The van der Waals surface area contributed by atoms with Crippen molar-refractivity contribution in [2.45, 2.75) is 4.90 Å². The summed E-state index contributed by atoms with van der Waals surface area (Å²) in [4.78, 5) is 11.3. The van der Waals surface area contributed by atoms with Gasteiger partial charge in [0.05, 0.1) is 4.90 Å². The zero-order chi connectivity index (χ0) is 24.1. The van der Waals surface area contributed by atoms with Gasteiger partial charge in [0, 0.05) is 43.8 Å². The average Bonchev–Trinajstić information content (AvgIpc) is 2.91. The summed E-state index contributed by atoms with van der Waals surface area (Å²) in [6.45, 7) is 3.56. The SMILES string of the molecule is O=S(=O)(Nc1ccc(Nc2ccnc(N3CCNCC3)n2)cc1)c1ccc(-c2ccccc2)cc1. The minimum absolute atomic E-state index is 0.209. The maximum atomic E-state index is 12.9. The van der Waals surface area contributed by atoms with Crippen molar-refractivity contribution in [3.63, 3.8) is 0 Å². The lowest BCUT2D eigenvalue weighted by atomic mass is 10.1. The second-order valence-electron chi connectivity index (χ2n) is 8.18. The first-order valence-electron chi connectivity index (χ1n) is 11.4. The van der Waals surface area contributed by atoms with Crippen LogP contribution in [0.4, 0.5) is 23.1 Å². The molecule has 1 fully saturated rings. The van der Waals surface area contributed by atoms with E-state index >= 15 is 0 Å². The third-order valence-electron chi connectivity index (χ3n) is 5.72. The molecular formula is C26H26N6O2S. The van der Waals surface area contributed by atoms with Gasteiger partial charge in [-0.2, -0.15) is 4.98 Å². The van der Waals surface area contributed by atoms with Gasteiger partial charge in [-0.25, -0.2) is 13.4 Å². The van der Waals surface area contributed by atoms with Gasteiger partial charge in [0.2, 0.25) is 5.95 Å². The highest BCUT2D eigenvalue weighted by molar-refractivity contribution is 7.92. The number of rotatable bonds is 7. The molecule has 0 bridgehead atoms. The van der Waals surface area contributed by atoms with Crippen molar-refractivity contribution < 1.29 is 8.42 Å². The lowest BCUT2D eigenvalue weighted by Gasteiger charge is -2.27.